The van der Waals surface area contributed by atoms with Crippen LogP contribution in [0.2, 0.25) is 0 Å². The predicted molar refractivity (Wildman–Crippen MR) is 98.6 cm³/mol. The van der Waals surface area contributed by atoms with Crippen molar-refractivity contribution in [2.75, 3.05) is 11.9 Å². The van der Waals surface area contributed by atoms with Crippen LogP contribution in [0.5, 0.6) is 5.88 Å². The average Bonchev–Trinajstić information content (AvgIpc) is 2.98. The highest BCUT2D eigenvalue weighted by Crippen LogP contribution is 2.29. The molecule has 0 spiro atoms. The number of carbonyl (C=O) groups excluding carboxylic acids is 2. The lowest BCUT2D eigenvalue weighted by Gasteiger charge is -2.17. The topological polar surface area (TPSA) is 105 Å². The van der Waals surface area contributed by atoms with E-state index in [4.69, 9.17) is 4.74 Å². The molecule has 0 saturated heterocycles. The third kappa shape index (κ3) is 4.65. The molecule has 1 aliphatic rings. The molecule has 0 bridgehead atoms. The Morgan fingerprint density at radius 1 is 1.41 bits per heavy atom. The molecule has 29 heavy (non-hydrogen) atoms. The van der Waals surface area contributed by atoms with Crippen LogP contribution >= 0.6 is 0 Å². The van der Waals surface area contributed by atoms with Crippen LogP contribution in [0.25, 0.3) is 0 Å². The highest BCUT2D eigenvalue weighted by atomic mass is 19.3. The van der Waals surface area contributed by atoms with E-state index in [1.807, 2.05) is 0 Å². The zero-order valence-electron chi connectivity index (χ0n) is 15.9. The minimum atomic E-state index is -2.59. The summed E-state index contributed by atoms with van der Waals surface area (Å²) in [6.45, 7) is 2.74. The van der Waals surface area contributed by atoms with Gasteiger partial charge in [-0.3, -0.25) is 9.59 Å². The monoisotopic (exact) mass is 406 g/mol. The molecule has 3 rings (SSSR count). The van der Waals surface area contributed by atoms with E-state index in [0.717, 1.165) is 0 Å². The summed E-state index contributed by atoms with van der Waals surface area (Å²) in [6, 6.07) is 3.29. The van der Waals surface area contributed by atoms with Crippen LogP contribution in [0.4, 0.5) is 14.6 Å². The minimum absolute atomic E-state index is 0.123. The Morgan fingerprint density at radius 2 is 2.17 bits per heavy atom. The Kier molecular flexibility index (Phi) is 6.02. The van der Waals surface area contributed by atoms with Crippen LogP contribution in [0.15, 0.2) is 24.5 Å². The van der Waals surface area contributed by atoms with E-state index in [2.05, 4.69) is 15.3 Å². The molecule has 1 aliphatic heterocycles. The van der Waals surface area contributed by atoms with Crippen LogP contribution in [-0.2, 0) is 17.9 Å². The molecule has 0 radical (unpaired) electrons. The van der Waals surface area contributed by atoms with Gasteiger partial charge in [0, 0.05) is 35.6 Å². The molecule has 2 N–H and O–H groups in total. The van der Waals surface area contributed by atoms with Crippen molar-refractivity contribution in [2.24, 2.45) is 0 Å². The lowest BCUT2D eigenvalue weighted by Crippen LogP contribution is -2.26. The molecule has 8 nitrogen and oxygen atoms in total. The lowest BCUT2D eigenvalue weighted by molar-refractivity contribution is -0.123. The average molecular weight is 406 g/mol. The van der Waals surface area contributed by atoms with Gasteiger partial charge in [0.2, 0.25) is 5.88 Å². The minimum Gasteiger partial charge on any atom is -0.471 e. The van der Waals surface area contributed by atoms with Gasteiger partial charge >= 0.3 is 0 Å². The highest BCUT2D eigenvalue weighted by Gasteiger charge is 2.31. The first-order valence-corrected chi connectivity index (χ1v) is 8.88. The zero-order valence-corrected chi connectivity index (χ0v) is 15.9. The van der Waals surface area contributed by atoms with Crippen molar-refractivity contribution >= 4 is 17.6 Å². The van der Waals surface area contributed by atoms with Crippen molar-refractivity contribution in [3.05, 3.63) is 46.8 Å². The molecule has 0 aliphatic carbocycles. The van der Waals surface area contributed by atoms with Crippen molar-refractivity contribution in [3.63, 3.8) is 0 Å². The number of alkyl halides is 2. The molecule has 154 valence electrons. The number of hydrogen-bond acceptors (Lipinski definition) is 6. The Morgan fingerprint density at radius 3 is 2.83 bits per heavy atom. The fraction of sp³-hybridized carbons (Fsp3) is 0.368. The second-order valence-corrected chi connectivity index (χ2v) is 6.68. The number of amides is 2. The van der Waals surface area contributed by atoms with E-state index in [1.54, 1.807) is 24.0 Å². The normalized spacial score (nSPS) is 14.1. The second-order valence-electron chi connectivity index (χ2n) is 6.68. The quantitative estimate of drug-likeness (QED) is 0.728. The molecule has 2 amide bonds. The summed E-state index contributed by atoms with van der Waals surface area (Å²) >= 11 is 0. The van der Waals surface area contributed by atoms with Gasteiger partial charge in [-0.05, 0) is 31.5 Å². The predicted octanol–water partition coefficient (Wildman–Crippen LogP) is 1.90. The first kappa shape index (κ1) is 20.6. The number of fused-ring (bicyclic) bond motifs is 1. The SMILES string of the molecule is Cc1cc(CN2Cc3c(ccnc3NC(=O)[C@@H](C)O)C2=O)cnc1OCC(F)F. The van der Waals surface area contributed by atoms with Crippen molar-refractivity contribution in [1.82, 2.24) is 14.9 Å². The Labute approximate surface area is 165 Å². The summed E-state index contributed by atoms with van der Waals surface area (Å²) in [7, 11) is 0. The van der Waals surface area contributed by atoms with Gasteiger partial charge < -0.3 is 20.1 Å². The smallest absolute Gasteiger partial charge is 0.272 e. The van der Waals surface area contributed by atoms with Crippen molar-refractivity contribution in [1.29, 1.82) is 0 Å². The van der Waals surface area contributed by atoms with Gasteiger partial charge in [-0.1, -0.05) is 0 Å². The molecule has 0 fully saturated rings. The molecule has 3 heterocycles. The maximum atomic E-state index is 12.7. The number of anilines is 1. The first-order chi connectivity index (χ1) is 13.8. The van der Waals surface area contributed by atoms with Gasteiger partial charge in [-0.2, -0.15) is 0 Å². The zero-order chi connectivity index (χ0) is 21.1. The van der Waals surface area contributed by atoms with E-state index in [1.165, 1.54) is 19.3 Å². The van der Waals surface area contributed by atoms with Crippen molar-refractivity contribution in [2.45, 2.75) is 39.5 Å². The van der Waals surface area contributed by atoms with Crippen molar-refractivity contribution < 1.29 is 28.2 Å². The number of pyridine rings is 2. The number of nitrogens with zero attached hydrogens (tertiary/aromatic N) is 3. The van der Waals surface area contributed by atoms with Crippen LogP contribution < -0.4 is 10.1 Å². The Hall–Kier alpha value is -3.14. The van der Waals surface area contributed by atoms with Crippen LogP contribution in [-0.4, -0.2) is 50.9 Å². The summed E-state index contributed by atoms with van der Waals surface area (Å²) < 4.78 is 29.5. The number of aliphatic hydroxyl groups excluding tert-OH is 1. The number of carbonyl (C=O) groups is 2. The summed E-state index contributed by atoms with van der Waals surface area (Å²) in [6.07, 6.45) is -0.911. The number of halogens is 2. The summed E-state index contributed by atoms with van der Waals surface area (Å²) in [5, 5.41) is 11.9. The van der Waals surface area contributed by atoms with E-state index >= 15 is 0 Å². The lowest BCUT2D eigenvalue weighted by atomic mass is 10.1. The van der Waals surface area contributed by atoms with E-state index in [9.17, 15) is 23.5 Å². The van der Waals surface area contributed by atoms with Crippen LogP contribution in [0.1, 0.15) is 34.0 Å². The number of ether oxygens (including phenoxy) is 1. The van der Waals surface area contributed by atoms with Gasteiger partial charge in [0.25, 0.3) is 18.2 Å². The van der Waals surface area contributed by atoms with Crippen molar-refractivity contribution in [3.8, 4) is 5.88 Å². The van der Waals surface area contributed by atoms with Gasteiger partial charge in [-0.15, -0.1) is 0 Å². The summed E-state index contributed by atoms with van der Waals surface area (Å²) in [5.74, 6) is -0.492. The third-order valence-corrected chi connectivity index (χ3v) is 4.35. The summed E-state index contributed by atoms with van der Waals surface area (Å²) in [4.78, 5) is 34.2. The van der Waals surface area contributed by atoms with Gasteiger partial charge in [0.15, 0.2) is 6.61 Å². The summed E-state index contributed by atoms with van der Waals surface area (Å²) in [5.41, 5.74) is 2.27. The third-order valence-electron chi connectivity index (χ3n) is 4.35. The second kappa shape index (κ2) is 8.48. The van der Waals surface area contributed by atoms with E-state index in [-0.39, 0.29) is 30.7 Å². The van der Waals surface area contributed by atoms with Gasteiger partial charge in [0.05, 0.1) is 6.54 Å². The molecule has 0 unspecified atom stereocenters. The standard InChI is InChI=1S/C19H20F2N4O4/c1-10-5-12(6-23-18(10)29-9-15(20)21)7-25-8-14-13(19(25)28)3-4-22-16(14)24-17(27)11(2)26/h3-6,11,15,26H,7-9H2,1-2H3,(H,22,24,27)/t11-/m1/s1. The molecular formula is C19H20F2N4O4. The maximum absolute atomic E-state index is 12.7. The number of rotatable bonds is 7. The first-order valence-electron chi connectivity index (χ1n) is 8.88. The maximum Gasteiger partial charge on any atom is 0.272 e. The largest absolute Gasteiger partial charge is 0.471 e. The van der Waals surface area contributed by atoms with Gasteiger partial charge in [0.1, 0.15) is 11.9 Å². The Bertz CT molecular complexity index is 936. The highest BCUT2D eigenvalue weighted by molar-refractivity contribution is 6.01. The Balaban J connectivity index is 1.74. The van der Waals surface area contributed by atoms with E-state index in [0.29, 0.717) is 22.3 Å². The fourth-order valence-corrected chi connectivity index (χ4v) is 2.96. The van der Waals surface area contributed by atoms with Crippen LogP contribution in [0, 0.1) is 6.92 Å². The molecule has 2 aromatic rings. The molecular weight excluding hydrogens is 386 g/mol. The van der Waals surface area contributed by atoms with Gasteiger partial charge in [-0.25, -0.2) is 18.7 Å². The number of hydrogen-bond donors (Lipinski definition) is 2. The molecule has 0 saturated carbocycles. The number of nitrogens with one attached hydrogen (secondary N) is 1. The van der Waals surface area contributed by atoms with Crippen LogP contribution in [0.3, 0.4) is 0 Å². The van der Waals surface area contributed by atoms with E-state index < -0.39 is 25.0 Å². The fourth-order valence-electron chi connectivity index (χ4n) is 2.96. The molecule has 2 aromatic heterocycles. The molecule has 1 atom stereocenters. The molecule has 0 aromatic carbocycles. The number of aryl methyl sites for hydroxylation is 1. The molecule has 10 heteroatoms. The number of aliphatic hydroxyl groups is 1. The number of aromatic nitrogens is 2.